The van der Waals surface area contributed by atoms with E-state index in [1.54, 1.807) is 43.5 Å². The molecule has 1 heterocycles. The molecule has 3 aromatic rings. The Morgan fingerprint density at radius 3 is 2.68 bits per heavy atom. The van der Waals surface area contributed by atoms with Crippen LogP contribution in [0, 0.1) is 0 Å². The molecule has 3 rings (SSSR count). The fraction of sp³-hybridized carbons (Fsp3) is 0.150. The lowest BCUT2D eigenvalue weighted by atomic mass is 10.0. The van der Waals surface area contributed by atoms with Crippen LogP contribution < -0.4 is 5.32 Å². The number of anilines is 1. The summed E-state index contributed by atoms with van der Waals surface area (Å²) in [5, 5.41) is 3.84. The number of carbonyl (C=O) groups is 2. The minimum atomic E-state index is -0.352. The first-order valence-electron chi connectivity index (χ1n) is 8.07. The number of carbonyl (C=O) groups excluding carboxylic acids is 2. The molecule has 1 N–H and O–H groups in total. The number of pyridine rings is 1. The fourth-order valence-electron chi connectivity index (χ4n) is 2.66. The molecule has 126 valence electrons. The van der Waals surface area contributed by atoms with E-state index in [4.69, 9.17) is 4.74 Å². The van der Waals surface area contributed by atoms with Gasteiger partial charge in [-0.3, -0.25) is 14.6 Å². The van der Waals surface area contributed by atoms with Gasteiger partial charge in [0.1, 0.15) is 0 Å². The Balaban J connectivity index is 1.87. The van der Waals surface area contributed by atoms with Gasteiger partial charge < -0.3 is 10.1 Å². The molecule has 2 aromatic carbocycles. The number of hydrogen-bond acceptors (Lipinski definition) is 4. The number of nitrogens with zero attached hydrogens (tertiary/aromatic N) is 1. The zero-order valence-corrected chi connectivity index (χ0v) is 13.9. The molecule has 0 spiro atoms. The average molecular weight is 334 g/mol. The Labute approximate surface area is 145 Å². The van der Waals surface area contributed by atoms with E-state index in [0.29, 0.717) is 23.4 Å². The van der Waals surface area contributed by atoms with E-state index < -0.39 is 0 Å². The maximum Gasteiger partial charge on any atom is 0.310 e. The molecule has 5 nitrogen and oxygen atoms in total. The minimum absolute atomic E-state index is 0.0607. The SMILES string of the molecule is CCOC(=O)Cc1ccccc1C(=O)Nc1cccc2cccnc12. The summed E-state index contributed by atoms with van der Waals surface area (Å²) in [4.78, 5) is 28.8. The van der Waals surface area contributed by atoms with Crippen LogP contribution >= 0.6 is 0 Å². The number of fused-ring (bicyclic) bond motifs is 1. The van der Waals surface area contributed by atoms with E-state index in [0.717, 1.165) is 10.9 Å². The van der Waals surface area contributed by atoms with Gasteiger partial charge in [0.2, 0.25) is 0 Å². The van der Waals surface area contributed by atoms with Crippen molar-refractivity contribution in [3.63, 3.8) is 0 Å². The Bertz CT molecular complexity index is 916. The van der Waals surface area contributed by atoms with Crippen LogP contribution in [-0.4, -0.2) is 23.5 Å². The van der Waals surface area contributed by atoms with Crippen LogP contribution in [0.1, 0.15) is 22.8 Å². The maximum atomic E-state index is 12.7. The number of nitrogens with one attached hydrogen (secondary N) is 1. The minimum Gasteiger partial charge on any atom is -0.466 e. The maximum absolute atomic E-state index is 12.7. The van der Waals surface area contributed by atoms with Crippen LogP contribution in [0.2, 0.25) is 0 Å². The summed E-state index contributed by atoms with van der Waals surface area (Å²) >= 11 is 0. The Hall–Kier alpha value is -3.21. The summed E-state index contributed by atoms with van der Waals surface area (Å²) < 4.78 is 4.98. The van der Waals surface area contributed by atoms with Crippen molar-refractivity contribution in [2.75, 3.05) is 11.9 Å². The second kappa shape index (κ2) is 7.57. The van der Waals surface area contributed by atoms with Crippen LogP contribution in [-0.2, 0) is 16.0 Å². The molecule has 0 radical (unpaired) electrons. The van der Waals surface area contributed by atoms with Crippen LogP contribution in [0.5, 0.6) is 0 Å². The first-order chi connectivity index (χ1) is 12.2. The topological polar surface area (TPSA) is 68.3 Å². The Morgan fingerprint density at radius 2 is 1.84 bits per heavy atom. The molecule has 1 aromatic heterocycles. The molecule has 0 fully saturated rings. The van der Waals surface area contributed by atoms with Gasteiger partial charge in [0.15, 0.2) is 0 Å². The Kier molecular flexibility index (Phi) is 5.04. The second-order valence-electron chi connectivity index (χ2n) is 5.47. The highest BCUT2D eigenvalue weighted by Gasteiger charge is 2.15. The van der Waals surface area contributed by atoms with E-state index in [9.17, 15) is 9.59 Å². The number of hydrogen-bond donors (Lipinski definition) is 1. The van der Waals surface area contributed by atoms with Crippen molar-refractivity contribution in [2.24, 2.45) is 0 Å². The molecule has 0 saturated carbocycles. The molecule has 0 saturated heterocycles. The molecule has 1 amide bonds. The summed E-state index contributed by atoms with van der Waals surface area (Å²) in [5.74, 6) is -0.632. The molecular weight excluding hydrogens is 316 g/mol. The first kappa shape index (κ1) is 16.6. The summed E-state index contributed by atoms with van der Waals surface area (Å²) in [7, 11) is 0. The highest BCUT2D eigenvalue weighted by molar-refractivity contribution is 6.09. The predicted molar refractivity (Wildman–Crippen MR) is 96.5 cm³/mol. The zero-order valence-electron chi connectivity index (χ0n) is 13.9. The lowest BCUT2D eigenvalue weighted by Gasteiger charge is -2.11. The highest BCUT2D eigenvalue weighted by Crippen LogP contribution is 2.22. The van der Waals surface area contributed by atoms with E-state index in [1.807, 2.05) is 24.3 Å². The fourth-order valence-corrected chi connectivity index (χ4v) is 2.66. The van der Waals surface area contributed by atoms with Gasteiger partial charge in [0.05, 0.1) is 24.2 Å². The summed E-state index contributed by atoms with van der Waals surface area (Å²) in [5.41, 5.74) is 2.44. The third-order valence-corrected chi connectivity index (χ3v) is 3.78. The molecule has 0 aliphatic rings. The van der Waals surface area contributed by atoms with Crippen LogP contribution in [0.15, 0.2) is 60.8 Å². The molecule has 0 bridgehead atoms. The van der Waals surface area contributed by atoms with Crippen molar-refractivity contribution in [3.8, 4) is 0 Å². The average Bonchev–Trinajstić information content (AvgIpc) is 2.62. The number of benzene rings is 2. The molecule has 5 heteroatoms. The molecular formula is C20H18N2O3. The van der Waals surface area contributed by atoms with Crippen molar-refractivity contribution in [1.82, 2.24) is 4.98 Å². The molecule has 25 heavy (non-hydrogen) atoms. The smallest absolute Gasteiger partial charge is 0.310 e. The normalized spacial score (nSPS) is 10.4. The van der Waals surface area contributed by atoms with Gasteiger partial charge in [-0.2, -0.15) is 0 Å². The number of ether oxygens (including phenoxy) is 1. The number of esters is 1. The third-order valence-electron chi connectivity index (χ3n) is 3.78. The van der Waals surface area contributed by atoms with Gasteiger partial charge in [-0.05, 0) is 30.7 Å². The van der Waals surface area contributed by atoms with Crippen molar-refractivity contribution >= 4 is 28.5 Å². The summed E-state index contributed by atoms with van der Waals surface area (Å²) in [6.07, 6.45) is 1.75. The molecule has 0 aliphatic heterocycles. The molecule has 0 unspecified atom stereocenters. The highest BCUT2D eigenvalue weighted by atomic mass is 16.5. The van der Waals surface area contributed by atoms with E-state index >= 15 is 0 Å². The number of amides is 1. The van der Waals surface area contributed by atoms with Gasteiger partial charge in [0.25, 0.3) is 5.91 Å². The molecule has 0 aliphatic carbocycles. The lowest BCUT2D eigenvalue weighted by Crippen LogP contribution is -2.17. The monoisotopic (exact) mass is 334 g/mol. The van der Waals surface area contributed by atoms with E-state index in [-0.39, 0.29) is 18.3 Å². The van der Waals surface area contributed by atoms with Gasteiger partial charge in [-0.1, -0.05) is 36.4 Å². The summed E-state index contributed by atoms with van der Waals surface area (Å²) in [6.45, 7) is 2.07. The number of para-hydroxylation sites is 1. The van der Waals surface area contributed by atoms with Gasteiger partial charge >= 0.3 is 5.97 Å². The largest absolute Gasteiger partial charge is 0.466 e. The van der Waals surface area contributed by atoms with Crippen LogP contribution in [0.4, 0.5) is 5.69 Å². The second-order valence-corrected chi connectivity index (χ2v) is 5.47. The standard InChI is InChI=1S/C20H18N2O3/c1-2-25-18(23)13-15-7-3-4-10-16(15)20(24)22-17-11-5-8-14-9-6-12-21-19(14)17/h3-12H,2,13H2,1H3,(H,22,24). The lowest BCUT2D eigenvalue weighted by molar-refractivity contribution is -0.142. The van der Waals surface area contributed by atoms with E-state index in [1.165, 1.54) is 0 Å². The quantitative estimate of drug-likeness (QED) is 0.724. The number of rotatable bonds is 5. The van der Waals surface area contributed by atoms with Crippen molar-refractivity contribution in [1.29, 1.82) is 0 Å². The third kappa shape index (κ3) is 3.83. The number of aromatic nitrogens is 1. The summed E-state index contributed by atoms with van der Waals surface area (Å²) in [6, 6.07) is 16.4. The van der Waals surface area contributed by atoms with Gasteiger partial charge in [-0.25, -0.2) is 0 Å². The zero-order chi connectivity index (χ0) is 17.6. The van der Waals surface area contributed by atoms with E-state index in [2.05, 4.69) is 10.3 Å². The van der Waals surface area contributed by atoms with Crippen molar-refractivity contribution in [3.05, 3.63) is 71.9 Å². The van der Waals surface area contributed by atoms with Crippen LogP contribution in [0.3, 0.4) is 0 Å². The van der Waals surface area contributed by atoms with Gasteiger partial charge in [-0.15, -0.1) is 0 Å². The van der Waals surface area contributed by atoms with Crippen molar-refractivity contribution < 1.29 is 14.3 Å². The molecule has 0 atom stereocenters. The van der Waals surface area contributed by atoms with Crippen LogP contribution in [0.25, 0.3) is 10.9 Å². The van der Waals surface area contributed by atoms with Gasteiger partial charge in [0, 0.05) is 17.1 Å². The first-order valence-corrected chi connectivity index (χ1v) is 8.07. The predicted octanol–water partition coefficient (Wildman–Crippen LogP) is 3.59. The van der Waals surface area contributed by atoms with Crippen molar-refractivity contribution in [2.45, 2.75) is 13.3 Å². The Morgan fingerprint density at radius 1 is 1.04 bits per heavy atom.